The van der Waals surface area contributed by atoms with Gasteiger partial charge in [-0.15, -0.1) is 11.3 Å². The maximum atomic E-state index is 12.4. The maximum absolute atomic E-state index is 12.4. The third-order valence-corrected chi connectivity index (χ3v) is 6.54. The smallest absolute Gasteiger partial charge is 0.257 e. The fraction of sp³-hybridized carbons (Fsp3) is 0.167. The average Bonchev–Trinajstić information content (AvgIpc) is 3.02. The van der Waals surface area contributed by atoms with E-state index in [2.05, 4.69) is 15.3 Å². The summed E-state index contributed by atoms with van der Waals surface area (Å²) in [6, 6.07) is 11.3. The number of carbonyl (C=O) groups excluding carboxylic acids is 1. The van der Waals surface area contributed by atoms with Gasteiger partial charge in [0.1, 0.15) is 5.69 Å². The van der Waals surface area contributed by atoms with Gasteiger partial charge in [-0.2, -0.15) is 0 Å². The van der Waals surface area contributed by atoms with Gasteiger partial charge < -0.3 is 0 Å². The second-order valence-electron chi connectivity index (χ2n) is 5.90. The van der Waals surface area contributed by atoms with E-state index in [0.29, 0.717) is 10.7 Å². The molecule has 0 fully saturated rings. The number of rotatable bonds is 5. The van der Waals surface area contributed by atoms with Crippen LogP contribution in [-0.4, -0.2) is 42.7 Å². The number of hydrogen-bond acceptors (Lipinski definition) is 6. The molecule has 2 aromatic heterocycles. The predicted octanol–water partition coefficient (Wildman–Crippen LogP) is 3.02. The van der Waals surface area contributed by atoms with Crippen LogP contribution in [0.3, 0.4) is 0 Å². The average molecular weight is 403 g/mol. The number of nitrogens with zero attached hydrogens (tertiary/aromatic N) is 3. The van der Waals surface area contributed by atoms with Crippen molar-refractivity contribution in [3.05, 3.63) is 59.1 Å². The quantitative estimate of drug-likeness (QED) is 0.708. The molecule has 3 aromatic rings. The lowest BCUT2D eigenvalue weighted by molar-refractivity contribution is 0.102. The number of carbonyl (C=O) groups is 1. The number of aryl methyl sites for hydroxylation is 1. The van der Waals surface area contributed by atoms with Crippen molar-refractivity contribution in [3.63, 3.8) is 0 Å². The molecule has 0 unspecified atom stereocenters. The van der Waals surface area contributed by atoms with E-state index in [-0.39, 0.29) is 10.8 Å². The number of pyridine rings is 1. The molecule has 0 saturated heterocycles. The molecule has 0 aliphatic heterocycles. The molecular formula is C18H18N4O3S2. The van der Waals surface area contributed by atoms with Gasteiger partial charge in [-0.05, 0) is 43.3 Å². The minimum absolute atomic E-state index is 0.131. The summed E-state index contributed by atoms with van der Waals surface area (Å²) in [5.74, 6) is -0.356. The van der Waals surface area contributed by atoms with Crippen LogP contribution in [0.5, 0.6) is 0 Å². The van der Waals surface area contributed by atoms with Gasteiger partial charge in [-0.25, -0.2) is 17.7 Å². The number of benzene rings is 1. The second kappa shape index (κ2) is 7.55. The molecule has 1 aromatic carbocycles. The number of anilines is 1. The van der Waals surface area contributed by atoms with E-state index in [1.165, 1.54) is 49.7 Å². The molecule has 0 aliphatic carbocycles. The molecular weight excluding hydrogens is 384 g/mol. The van der Waals surface area contributed by atoms with Crippen LogP contribution >= 0.6 is 11.3 Å². The van der Waals surface area contributed by atoms with Gasteiger partial charge in [0.05, 0.1) is 10.6 Å². The van der Waals surface area contributed by atoms with E-state index in [9.17, 15) is 13.2 Å². The SMILES string of the molecule is Cc1sc(NC(=O)c2ccc(S(=O)(=O)N(C)C)cc2)nc1-c1ccccn1. The van der Waals surface area contributed by atoms with Crippen molar-refractivity contribution in [2.75, 3.05) is 19.4 Å². The van der Waals surface area contributed by atoms with Crippen molar-refractivity contribution in [2.45, 2.75) is 11.8 Å². The molecule has 2 heterocycles. The highest BCUT2D eigenvalue weighted by Gasteiger charge is 2.18. The minimum atomic E-state index is -3.53. The van der Waals surface area contributed by atoms with Gasteiger partial charge in [0.25, 0.3) is 5.91 Å². The molecule has 140 valence electrons. The largest absolute Gasteiger partial charge is 0.298 e. The van der Waals surface area contributed by atoms with E-state index in [1.54, 1.807) is 6.20 Å². The number of amides is 1. The van der Waals surface area contributed by atoms with Gasteiger partial charge in [-0.3, -0.25) is 15.1 Å². The van der Waals surface area contributed by atoms with Crippen molar-refractivity contribution < 1.29 is 13.2 Å². The van der Waals surface area contributed by atoms with Crippen LogP contribution in [0.4, 0.5) is 5.13 Å². The number of sulfonamides is 1. The van der Waals surface area contributed by atoms with Crippen molar-refractivity contribution in [1.29, 1.82) is 0 Å². The predicted molar refractivity (Wildman–Crippen MR) is 105 cm³/mol. The van der Waals surface area contributed by atoms with Crippen LogP contribution in [0.1, 0.15) is 15.2 Å². The van der Waals surface area contributed by atoms with Crippen LogP contribution in [0.15, 0.2) is 53.6 Å². The summed E-state index contributed by atoms with van der Waals surface area (Å²) in [4.78, 5) is 22.2. The highest BCUT2D eigenvalue weighted by Crippen LogP contribution is 2.29. The fourth-order valence-electron chi connectivity index (χ4n) is 2.35. The first-order chi connectivity index (χ1) is 12.8. The van der Waals surface area contributed by atoms with E-state index in [1.807, 2.05) is 25.1 Å². The summed E-state index contributed by atoms with van der Waals surface area (Å²) in [6.07, 6.45) is 1.69. The molecule has 7 nitrogen and oxygen atoms in total. The summed E-state index contributed by atoms with van der Waals surface area (Å²) < 4.78 is 25.3. The first kappa shape index (κ1) is 19.2. The molecule has 0 saturated carbocycles. The third-order valence-electron chi connectivity index (χ3n) is 3.82. The standard InChI is InChI=1S/C18H18N4O3S2/c1-12-16(15-6-4-5-11-19-15)20-18(26-12)21-17(23)13-7-9-14(10-8-13)27(24,25)22(2)3/h4-11H,1-3H3,(H,20,21,23). The number of nitrogens with one attached hydrogen (secondary N) is 1. The highest BCUT2D eigenvalue weighted by atomic mass is 32.2. The van der Waals surface area contributed by atoms with Crippen LogP contribution in [-0.2, 0) is 10.0 Å². The van der Waals surface area contributed by atoms with Gasteiger partial charge in [0.15, 0.2) is 5.13 Å². The second-order valence-corrected chi connectivity index (χ2v) is 9.26. The molecule has 0 aliphatic rings. The Bertz CT molecular complexity index is 1060. The molecule has 0 bridgehead atoms. The van der Waals surface area contributed by atoms with Crippen molar-refractivity contribution in [2.24, 2.45) is 0 Å². The lowest BCUT2D eigenvalue weighted by atomic mass is 10.2. The molecule has 9 heteroatoms. The molecule has 0 spiro atoms. The Labute approximate surface area is 161 Å². The summed E-state index contributed by atoms with van der Waals surface area (Å²) in [6.45, 7) is 1.91. The Morgan fingerprint density at radius 2 is 1.81 bits per heavy atom. The van der Waals surface area contributed by atoms with E-state index < -0.39 is 10.0 Å². The van der Waals surface area contributed by atoms with Gasteiger partial charge in [-0.1, -0.05) is 6.07 Å². The summed E-state index contributed by atoms with van der Waals surface area (Å²) in [5, 5.41) is 3.21. The van der Waals surface area contributed by atoms with Gasteiger partial charge in [0.2, 0.25) is 10.0 Å². The summed E-state index contributed by atoms with van der Waals surface area (Å²) in [5.41, 5.74) is 1.81. The van der Waals surface area contributed by atoms with Crippen LogP contribution in [0.25, 0.3) is 11.4 Å². The zero-order valence-electron chi connectivity index (χ0n) is 15.0. The van der Waals surface area contributed by atoms with Crippen molar-refractivity contribution in [1.82, 2.24) is 14.3 Å². The normalized spacial score (nSPS) is 11.6. The summed E-state index contributed by atoms with van der Waals surface area (Å²) >= 11 is 1.36. The third kappa shape index (κ3) is 4.05. The molecule has 3 rings (SSSR count). The molecule has 0 radical (unpaired) electrons. The summed E-state index contributed by atoms with van der Waals surface area (Å²) in [7, 11) is -0.610. The Morgan fingerprint density at radius 1 is 1.11 bits per heavy atom. The topological polar surface area (TPSA) is 92.3 Å². The molecule has 1 amide bonds. The van der Waals surface area contributed by atoms with E-state index in [0.717, 1.165) is 20.6 Å². The first-order valence-corrected chi connectivity index (χ1v) is 10.3. The zero-order chi connectivity index (χ0) is 19.6. The van der Waals surface area contributed by atoms with Crippen molar-refractivity contribution >= 4 is 32.4 Å². The van der Waals surface area contributed by atoms with E-state index in [4.69, 9.17) is 0 Å². The number of hydrogen-bond donors (Lipinski definition) is 1. The lowest BCUT2D eigenvalue weighted by Gasteiger charge is -2.11. The monoisotopic (exact) mass is 402 g/mol. The molecule has 27 heavy (non-hydrogen) atoms. The lowest BCUT2D eigenvalue weighted by Crippen LogP contribution is -2.22. The minimum Gasteiger partial charge on any atom is -0.298 e. The Kier molecular flexibility index (Phi) is 5.36. The number of thiazole rings is 1. The van der Waals surface area contributed by atoms with Gasteiger partial charge in [0, 0.05) is 30.7 Å². The van der Waals surface area contributed by atoms with Crippen LogP contribution in [0, 0.1) is 6.92 Å². The Morgan fingerprint density at radius 3 is 2.41 bits per heavy atom. The molecule has 1 N–H and O–H groups in total. The molecule has 0 atom stereocenters. The Hall–Kier alpha value is -2.62. The Balaban J connectivity index is 1.78. The van der Waals surface area contributed by atoms with Crippen molar-refractivity contribution in [3.8, 4) is 11.4 Å². The zero-order valence-corrected chi connectivity index (χ0v) is 16.6. The van der Waals surface area contributed by atoms with Crippen LogP contribution in [0.2, 0.25) is 0 Å². The highest BCUT2D eigenvalue weighted by molar-refractivity contribution is 7.89. The fourth-order valence-corrected chi connectivity index (χ4v) is 4.07. The van der Waals surface area contributed by atoms with Crippen LogP contribution < -0.4 is 5.32 Å². The maximum Gasteiger partial charge on any atom is 0.257 e. The van der Waals surface area contributed by atoms with Gasteiger partial charge >= 0.3 is 0 Å². The number of aromatic nitrogens is 2. The van der Waals surface area contributed by atoms with E-state index >= 15 is 0 Å². The first-order valence-electron chi connectivity index (χ1n) is 8.02.